The van der Waals surface area contributed by atoms with Gasteiger partial charge < -0.3 is 15.2 Å². The fourth-order valence-electron chi connectivity index (χ4n) is 3.69. The summed E-state index contributed by atoms with van der Waals surface area (Å²) in [6, 6.07) is 6.10. The number of rotatable bonds is 5. The van der Waals surface area contributed by atoms with Crippen LogP contribution in [0.2, 0.25) is 0 Å². The van der Waals surface area contributed by atoms with Gasteiger partial charge in [-0.1, -0.05) is 25.1 Å². The lowest BCUT2D eigenvalue weighted by Crippen LogP contribution is -2.46. The summed E-state index contributed by atoms with van der Waals surface area (Å²) in [7, 11) is 1.80. The number of nitrogens with one attached hydrogen (secondary N) is 2. The van der Waals surface area contributed by atoms with Gasteiger partial charge >= 0.3 is 0 Å². The minimum Gasteiger partial charge on any atom is -0.356 e. The van der Waals surface area contributed by atoms with E-state index in [-0.39, 0.29) is 24.0 Å². The number of nitrogens with zero attached hydrogens (tertiary/aromatic N) is 4. The first-order valence-corrected chi connectivity index (χ1v) is 9.35. The molecule has 0 aromatic carbocycles. The third-order valence-electron chi connectivity index (χ3n) is 4.74. The van der Waals surface area contributed by atoms with Crippen LogP contribution in [-0.4, -0.2) is 40.7 Å². The van der Waals surface area contributed by atoms with E-state index in [2.05, 4.69) is 44.6 Å². The quantitative estimate of drug-likeness (QED) is 0.385. The van der Waals surface area contributed by atoms with Gasteiger partial charge in [-0.3, -0.25) is 9.98 Å². The summed E-state index contributed by atoms with van der Waals surface area (Å²) in [5, 5.41) is 10.9. The molecule has 2 aromatic rings. The van der Waals surface area contributed by atoms with E-state index in [9.17, 15) is 0 Å². The number of guanidine groups is 1. The molecule has 7 nitrogen and oxygen atoms in total. The molecule has 0 bridgehead atoms. The number of aliphatic imine (C=N–C) groups is 1. The molecule has 1 fully saturated rings. The predicted molar refractivity (Wildman–Crippen MR) is 117 cm³/mol. The molecule has 0 saturated heterocycles. The van der Waals surface area contributed by atoms with E-state index in [1.54, 1.807) is 13.2 Å². The van der Waals surface area contributed by atoms with Crippen molar-refractivity contribution < 1.29 is 4.52 Å². The van der Waals surface area contributed by atoms with E-state index in [1.165, 1.54) is 19.3 Å². The maximum absolute atomic E-state index is 5.28. The molecule has 3 rings (SSSR count). The lowest BCUT2D eigenvalue weighted by molar-refractivity contribution is 0.255. The molecule has 0 aliphatic heterocycles. The summed E-state index contributed by atoms with van der Waals surface area (Å²) in [5.41, 5.74) is 0.692. The molecule has 2 aromatic heterocycles. The second-order valence-electron chi connectivity index (χ2n) is 7.24. The molecule has 27 heavy (non-hydrogen) atoms. The number of aromatic nitrogens is 3. The summed E-state index contributed by atoms with van der Waals surface area (Å²) in [6.45, 7) is 5.35. The first-order chi connectivity index (χ1) is 12.6. The summed E-state index contributed by atoms with van der Waals surface area (Å²) in [6.07, 6.45) is 6.09. The van der Waals surface area contributed by atoms with Crippen molar-refractivity contribution in [2.75, 3.05) is 13.6 Å². The van der Waals surface area contributed by atoms with Crippen molar-refractivity contribution >= 4 is 29.9 Å². The molecular weight excluding hydrogens is 455 g/mol. The van der Waals surface area contributed by atoms with E-state index in [0.717, 1.165) is 17.8 Å². The fraction of sp³-hybridized carbons (Fsp3) is 0.579. The Morgan fingerprint density at radius 3 is 2.67 bits per heavy atom. The van der Waals surface area contributed by atoms with E-state index in [4.69, 9.17) is 4.52 Å². The van der Waals surface area contributed by atoms with E-state index >= 15 is 0 Å². The molecular formula is C19H29IN6O. The van der Waals surface area contributed by atoms with Gasteiger partial charge in [-0.05, 0) is 43.2 Å². The minimum absolute atomic E-state index is 0. The largest absolute Gasteiger partial charge is 0.356 e. The molecule has 2 heterocycles. The van der Waals surface area contributed by atoms with Gasteiger partial charge in [0.15, 0.2) is 11.8 Å². The topological polar surface area (TPSA) is 88.2 Å². The Labute approximate surface area is 177 Å². The average molecular weight is 484 g/mol. The molecule has 8 heteroatoms. The number of hydrogen-bond acceptors (Lipinski definition) is 5. The fourth-order valence-corrected chi connectivity index (χ4v) is 3.69. The molecule has 1 aliphatic carbocycles. The molecule has 2 unspecified atom stereocenters. The third-order valence-corrected chi connectivity index (χ3v) is 4.74. The standard InChI is InChI=1S/C19H28N6O.HI/c1-13-10-14(2)12-15(11-13)23-19(20-3)22-9-7-17-24-18(26-25-17)16-6-4-5-8-21-16;/h4-6,8,13-15H,7,9-12H2,1-3H3,(H2,20,22,23);1H. The van der Waals surface area contributed by atoms with Crippen LogP contribution in [0.1, 0.15) is 38.9 Å². The highest BCUT2D eigenvalue weighted by Crippen LogP contribution is 2.28. The Balaban J connectivity index is 0.00000261. The van der Waals surface area contributed by atoms with Crippen LogP contribution in [0.15, 0.2) is 33.9 Å². The van der Waals surface area contributed by atoms with E-state index in [0.29, 0.717) is 36.4 Å². The first kappa shape index (κ1) is 21.6. The van der Waals surface area contributed by atoms with Crippen LogP contribution in [0.5, 0.6) is 0 Å². The summed E-state index contributed by atoms with van der Waals surface area (Å²) in [5.74, 6) is 3.48. The molecule has 1 aliphatic rings. The molecule has 0 radical (unpaired) electrons. The van der Waals surface area contributed by atoms with Crippen molar-refractivity contribution in [1.82, 2.24) is 25.8 Å². The highest BCUT2D eigenvalue weighted by atomic mass is 127. The van der Waals surface area contributed by atoms with Gasteiger partial charge in [-0.15, -0.1) is 24.0 Å². The van der Waals surface area contributed by atoms with Crippen molar-refractivity contribution in [2.45, 2.75) is 45.6 Å². The van der Waals surface area contributed by atoms with E-state index in [1.807, 2.05) is 18.2 Å². The zero-order valence-electron chi connectivity index (χ0n) is 16.2. The normalized spacial score (nSPS) is 22.8. The second kappa shape index (κ2) is 10.6. The van der Waals surface area contributed by atoms with Gasteiger partial charge in [0.1, 0.15) is 5.69 Å². The lowest BCUT2D eigenvalue weighted by atomic mass is 9.80. The van der Waals surface area contributed by atoms with Gasteiger partial charge in [0, 0.05) is 32.3 Å². The van der Waals surface area contributed by atoms with Crippen LogP contribution in [0.25, 0.3) is 11.6 Å². The van der Waals surface area contributed by atoms with Crippen molar-refractivity contribution in [3.05, 3.63) is 30.2 Å². The van der Waals surface area contributed by atoms with Crippen LogP contribution in [0, 0.1) is 11.8 Å². The Morgan fingerprint density at radius 1 is 1.22 bits per heavy atom. The second-order valence-corrected chi connectivity index (χ2v) is 7.24. The monoisotopic (exact) mass is 484 g/mol. The summed E-state index contributed by atoms with van der Waals surface area (Å²) < 4.78 is 5.28. The van der Waals surface area contributed by atoms with Crippen LogP contribution in [0.4, 0.5) is 0 Å². The Kier molecular flexibility index (Phi) is 8.46. The summed E-state index contributed by atoms with van der Waals surface area (Å²) >= 11 is 0. The third kappa shape index (κ3) is 6.44. The predicted octanol–water partition coefficient (Wildman–Crippen LogP) is 3.28. The maximum atomic E-state index is 5.28. The van der Waals surface area contributed by atoms with Crippen LogP contribution < -0.4 is 10.6 Å². The Morgan fingerprint density at radius 2 is 2.00 bits per heavy atom. The van der Waals surface area contributed by atoms with Crippen LogP contribution in [0.3, 0.4) is 0 Å². The van der Waals surface area contributed by atoms with Gasteiger partial charge in [-0.25, -0.2) is 0 Å². The molecule has 1 saturated carbocycles. The zero-order valence-corrected chi connectivity index (χ0v) is 18.5. The smallest absolute Gasteiger partial charge is 0.276 e. The van der Waals surface area contributed by atoms with Crippen molar-refractivity contribution in [1.29, 1.82) is 0 Å². The Hall–Kier alpha value is -1.71. The average Bonchev–Trinajstić information content (AvgIpc) is 3.10. The van der Waals surface area contributed by atoms with E-state index < -0.39 is 0 Å². The van der Waals surface area contributed by atoms with Crippen molar-refractivity contribution in [2.24, 2.45) is 16.8 Å². The Bertz CT molecular complexity index is 710. The maximum Gasteiger partial charge on any atom is 0.276 e. The molecule has 2 N–H and O–H groups in total. The lowest BCUT2D eigenvalue weighted by Gasteiger charge is -2.32. The van der Waals surface area contributed by atoms with Crippen molar-refractivity contribution in [3.63, 3.8) is 0 Å². The van der Waals surface area contributed by atoms with Crippen molar-refractivity contribution in [3.8, 4) is 11.6 Å². The van der Waals surface area contributed by atoms with Gasteiger partial charge in [-0.2, -0.15) is 4.98 Å². The molecule has 0 spiro atoms. The number of pyridine rings is 1. The number of halogens is 1. The van der Waals surface area contributed by atoms with Gasteiger partial charge in [0.25, 0.3) is 5.89 Å². The molecule has 148 valence electrons. The first-order valence-electron chi connectivity index (χ1n) is 9.35. The van der Waals surface area contributed by atoms with Gasteiger partial charge in [0.05, 0.1) is 0 Å². The van der Waals surface area contributed by atoms with Crippen LogP contribution in [-0.2, 0) is 6.42 Å². The molecule has 0 amide bonds. The number of hydrogen-bond donors (Lipinski definition) is 2. The zero-order chi connectivity index (χ0) is 18.4. The SMILES string of the molecule is CN=C(NCCc1noc(-c2ccccn2)n1)NC1CC(C)CC(C)C1.I. The highest BCUT2D eigenvalue weighted by Gasteiger charge is 2.24. The minimum atomic E-state index is 0. The summed E-state index contributed by atoms with van der Waals surface area (Å²) in [4.78, 5) is 13.0. The molecule has 2 atom stereocenters. The van der Waals surface area contributed by atoms with Crippen LogP contribution >= 0.6 is 24.0 Å². The van der Waals surface area contributed by atoms with Gasteiger partial charge in [0.2, 0.25) is 0 Å². The highest BCUT2D eigenvalue weighted by molar-refractivity contribution is 14.0.